The molecule has 2 aromatic rings. The van der Waals surface area contributed by atoms with Crippen LogP contribution in [0.15, 0.2) is 36.5 Å². The van der Waals surface area contributed by atoms with Crippen LogP contribution in [-0.2, 0) is 19.7 Å². The van der Waals surface area contributed by atoms with Gasteiger partial charge in [-0.15, -0.1) is 0 Å². The van der Waals surface area contributed by atoms with Gasteiger partial charge in [0.15, 0.2) is 0 Å². The van der Waals surface area contributed by atoms with E-state index in [9.17, 15) is 0 Å². The molecule has 0 radical (unpaired) electrons. The second-order valence-corrected chi connectivity index (χ2v) is 8.83. The van der Waals surface area contributed by atoms with Crippen LogP contribution in [0.4, 0.5) is 0 Å². The van der Waals surface area contributed by atoms with Gasteiger partial charge in [-0.3, -0.25) is 4.98 Å². The van der Waals surface area contributed by atoms with Gasteiger partial charge in [0.2, 0.25) is 0 Å². The first-order valence-corrected chi connectivity index (χ1v) is 10.2. The quantitative estimate of drug-likeness (QED) is 0.482. The van der Waals surface area contributed by atoms with E-state index in [-0.39, 0.29) is 0 Å². The Morgan fingerprint density at radius 3 is 2.39 bits per heavy atom. The Hall–Kier alpha value is -1.27. The molecule has 0 saturated heterocycles. The van der Waals surface area contributed by atoms with Crippen LogP contribution in [0.1, 0.15) is 31.2 Å². The number of fused-ring (bicyclic) bond motifs is 1. The number of hydrogen-bond acceptors (Lipinski definition) is 4. The molecule has 0 aliphatic rings. The Labute approximate surface area is 140 Å². The summed E-state index contributed by atoms with van der Waals surface area (Å²) < 4.78 is 16.3. The molecule has 5 heteroatoms. The molecular formula is C18H27NO3Si. The minimum absolute atomic E-state index is 0.885. The molecule has 0 saturated carbocycles. The molecule has 0 aliphatic heterocycles. The van der Waals surface area contributed by atoms with Crippen molar-refractivity contribution in [1.82, 2.24) is 4.98 Å². The number of aryl methyl sites for hydroxylation is 1. The van der Waals surface area contributed by atoms with Crippen LogP contribution in [-0.4, -0.2) is 35.1 Å². The predicted octanol–water partition coefficient (Wildman–Crippen LogP) is 4.22. The van der Waals surface area contributed by atoms with Crippen molar-refractivity contribution in [2.45, 2.75) is 38.1 Å². The summed E-state index contributed by atoms with van der Waals surface area (Å²) in [5, 5.41) is 1.20. The van der Waals surface area contributed by atoms with E-state index in [1.807, 2.05) is 12.3 Å². The van der Waals surface area contributed by atoms with Crippen molar-refractivity contribution in [2.75, 3.05) is 21.3 Å². The van der Waals surface area contributed by atoms with Crippen molar-refractivity contribution in [3.63, 3.8) is 0 Å². The Morgan fingerprint density at radius 1 is 0.913 bits per heavy atom. The van der Waals surface area contributed by atoms with Gasteiger partial charge in [-0.1, -0.05) is 31.0 Å². The number of rotatable bonds is 10. The topological polar surface area (TPSA) is 40.6 Å². The maximum absolute atomic E-state index is 5.44. The minimum Gasteiger partial charge on any atom is -0.377 e. The summed E-state index contributed by atoms with van der Waals surface area (Å²) in [7, 11) is 2.64. The molecule has 0 amide bonds. The summed E-state index contributed by atoms with van der Waals surface area (Å²) in [4.78, 5) is 4.42. The summed E-state index contributed by atoms with van der Waals surface area (Å²) in [6.07, 6.45) is 7.62. The van der Waals surface area contributed by atoms with Crippen molar-refractivity contribution in [2.24, 2.45) is 0 Å². The summed E-state index contributed by atoms with van der Waals surface area (Å²) in [5.74, 6) is 0. The Morgan fingerprint density at radius 2 is 1.65 bits per heavy atom. The molecule has 1 heterocycles. The highest BCUT2D eigenvalue weighted by molar-refractivity contribution is 6.60. The van der Waals surface area contributed by atoms with E-state index in [0.29, 0.717) is 0 Å². The second-order valence-electron chi connectivity index (χ2n) is 5.74. The molecule has 0 spiro atoms. The third-order valence-corrected chi connectivity index (χ3v) is 7.13. The zero-order chi connectivity index (χ0) is 16.5. The highest BCUT2D eigenvalue weighted by Gasteiger charge is 2.36. The zero-order valence-electron chi connectivity index (χ0n) is 14.4. The van der Waals surface area contributed by atoms with Crippen molar-refractivity contribution >= 4 is 19.7 Å². The standard InChI is InChI=1S/C18H27NO3Si/c1-20-23(21-2,22-3)14-7-5-4-6-9-16-11-12-17-10-8-13-19-18(17)15-16/h8,10-13,15H,4-7,9,14H2,1-3H3. The van der Waals surface area contributed by atoms with E-state index in [1.54, 1.807) is 21.3 Å². The second kappa shape index (κ2) is 9.13. The van der Waals surface area contributed by atoms with Crippen LogP contribution in [0, 0.1) is 0 Å². The number of pyridine rings is 1. The molecule has 126 valence electrons. The molecule has 0 atom stereocenters. The van der Waals surface area contributed by atoms with Crippen LogP contribution < -0.4 is 0 Å². The molecule has 0 fully saturated rings. The molecule has 1 aromatic heterocycles. The third-order valence-electron chi connectivity index (χ3n) is 4.30. The normalized spacial score (nSPS) is 12.0. The van der Waals surface area contributed by atoms with Gasteiger partial charge in [0, 0.05) is 39.0 Å². The molecule has 2 rings (SSSR count). The highest BCUT2D eigenvalue weighted by atomic mass is 28.4. The predicted molar refractivity (Wildman–Crippen MR) is 95.5 cm³/mol. The van der Waals surface area contributed by atoms with Gasteiger partial charge in [0.25, 0.3) is 0 Å². The first kappa shape index (κ1) is 18.1. The van der Waals surface area contributed by atoms with E-state index in [1.165, 1.54) is 30.2 Å². The van der Waals surface area contributed by atoms with Gasteiger partial charge in [-0.25, -0.2) is 0 Å². The van der Waals surface area contributed by atoms with Gasteiger partial charge in [-0.05, 0) is 37.0 Å². The molecule has 23 heavy (non-hydrogen) atoms. The average Bonchev–Trinajstić information content (AvgIpc) is 2.61. The van der Waals surface area contributed by atoms with E-state index in [0.717, 1.165) is 24.4 Å². The van der Waals surface area contributed by atoms with E-state index >= 15 is 0 Å². The number of hydrogen-bond donors (Lipinski definition) is 0. The lowest BCUT2D eigenvalue weighted by Crippen LogP contribution is -2.42. The number of nitrogens with zero attached hydrogens (tertiary/aromatic N) is 1. The maximum atomic E-state index is 5.44. The van der Waals surface area contributed by atoms with Gasteiger partial charge in [-0.2, -0.15) is 0 Å². The molecular weight excluding hydrogens is 306 g/mol. The van der Waals surface area contributed by atoms with Crippen LogP contribution in [0.2, 0.25) is 6.04 Å². The number of unbranched alkanes of at least 4 members (excludes halogenated alkanes) is 3. The van der Waals surface area contributed by atoms with Crippen molar-refractivity contribution in [1.29, 1.82) is 0 Å². The Kier molecular flexibility index (Phi) is 7.17. The zero-order valence-corrected chi connectivity index (χ0v) is 15.4. The lowest BCUT2D eigenvalue weighted by atomic mass is 10.0. The average molecular weight is 334 g/mol. The van der Waals surface area contributed by atoms with Gasteiger partial charge in [0.05, 0.1) is 5.52 Å². The van der Waals surface area contributed by atoms with Crippen molar-refractivity contribution in [3.05, 3.63) is 42.1 Å². The molecule has 0 unspecified atom stereocenters. The van der Waals surface area contributed by atoms with E-state index in [2.05, 4.69) is 29.2 Å². The Bertz CT molecular complexity index is 593. The summed E-state index contributed by atoms with van der Waals surface area (Å²) in [6.45, 7) is 0. The minimum atomic E-state index is -2.38. The summed E-state index contributed by atoms with van der Waals surface area (Å²) >= 11 is 0. The number of aromatic nitrogens is 1. The van der Waals surface area contributed by atoms with Crippen LogP contribution in [0.25, 0.3) is 10.9 Å². The maximum Gasteiger partial charge on any atom is 0.500 e. The number of benzene rings is 1. The lowest BCUT2D eigenvalue weighted by Gasteiger charge is -2.24. The first-order chi connectivity index (χ1) is 11.2. The van der Waals surface area contributed by atoms with Gasteiger partial charge < -0.3 is 13.3 Å². The molecule has 1 aromatic carbocycles. The summed E-state index contributed by atoms with van der Waals surface area (Å²) in [5.41, 5.74) is 2.45. The van der Waals surface area contributed by atoms with E-state index < -0.39 is 8.80 Å². The molecule has 0 aliphatic carbocycles. The smallest absolute Gasteiger partial charge is 0.377 e. The highest BCUT2D eigenvalue weighted by Crippen LogP contribution is 2.19. The SMILES string of the molecule is CO[Si](CCCCCCc1ccc2cccnc2c1)(OC)OC. The van der Waals surface area contributed by atoms with Crippen LogP contribution in [0.3, 0.4) is 0 Å². The van der Waals surface area contributed by atoms with Crippen LogP contribution >= 0.6 is 0 Å². The lowest BCUT2D eigenvalue weighted by molar-refractivity contribution is 0.122. The fraction of sp³-hybridized carbons (Fsp3) is 0.500. The summed E-state index contributed by atoms with van der Waals surface area (Å²) in [6, 6.07) is 11.5. The molecule has 4 nitrogen and oxygen atoms in total. The van der Waals surface area contributed by atoms with Crippen LogP contribution in [0.5, 0.6) is 0 Å². The van der Waals surface area contributed by atoms with Crippen molar-refractivity contribution in [3.8, 4) is 0 Å². The van der Waals surface area contributed by atoms with Crippen molar-refractivity contribution < 1.29 is 13.3 Å². The molecule has 0 bridgehead atoms. The first-order valence-electron chi connectivity index (χ1n) is 8.22. The van der Waals surface area contributed by atoms with Gasteiger partial charge in [0.1, 0.15) is 0 Å². The monoisotopic (exact) mass is 333 g/mol. The fourth-order valence-electron chi connectivity index (χ4n) is 2.85. The van der Waals surface area contributed by atoms with E-state index in [4.69, 9.17) is 13.3 Å². The fourth-order valence-corrected chi connectivity index (χ4v) is 4.64. The third kappa shape index (κ3) is 5.11. The Balaban J connectivity index is 1.70. The largest absolute Gasteiger partial charge is 0.500 e. The van der Waals surface area contributed by atoms with Gasteiger partial charge >= 0.3 is 8.80 Å². The molecule has 0 N–H and O–H groups in total.